The molecule has 1 aliphatic heterocycles. The van der Waals surface area contributed by atoms with E-state index in [2.05, 4.69) is 53.8 Å². The molecule has 3 heterocycles. The Kier molecular flexibility index (Phi) is 4.97. The quantitative estimate of drug-likeness (QED) is 0.694. The third-order valence-corrected chi connectivity index (χ3v) is 5.63. The van der Waals surface area contributed by atoms with Crippen molar-refractivity contribution in [3.8, 4) is 17.3 Å². The predicted molar refractivity (Wildman–Crippen MR) is 113 cm³/mol. The smallest absolute Gasteiger partial charge is 0.130 e. The van der Waals surface area contributed by atoms with Gasteiger partial charge in [-0.15, -0.1) is 0 Å². The number of benzene rings is 1. The lowest BCUT2D eigenvalue weighted by molar-refractivity contribution is 0.139. The first-order valence-electron chi connectivity index (χ1n) is 9.87. The van der Waals surface area contributed by atoms with Crippen molar-refractivity contribution in [3.63, 3.8) is 0 Å². The molecule has 0 bridgehead atoms. The number of hydrogen-bond donors (Lipinski definition) is 0. The minimum Gasteiger partial charge on any atom is -0.353 e. The predicted octanol–water partition coefficient (Wildman–Crippen LogP) is 4.09. The fraction of sp³-hybridized carbons (Fsp3) is 0.348. The normalized spacial score (nSPS) is 20.3. The summed E-state index contributed by atoms with van der Waals surface area (Å²) in [6.45, 7) is 9.77. The molecular weight excluding hydrogens is 346 g/mol. The highest BCUT2D eigenvalue weighted by Gasteiger charge is 2.29. The second-order valence-electron chi connectivity index (χ2n) is 7.53. The van der Waals surface area contributed by atoms with Crippen molar-refractivity contribution in [1.82, 2.24) is 14.9 Å². The molecule has 28 heavy (non-hydrogen) atoms. The van der Waals surface area contributed by atoms with Crippen molar-refractivity contribution in [2.24, 2.45) is 0 Å². The summed E-state index contributed by atoms with van der Waals surface area (Å²) in [6, 6.07) is 17.0. The molecule has 0 aliphatic carbocycles. The lowest BCUT2D eigenvalue weighted by Gasteiger charge is -2.44. The molecule has 5 heteroatoms. The third-order valence-electron chi connectivity index (χ3n) is 5.63. The van der Waals surface area contributed by atoms with E-state index in [1.54, 1.807) is 6.20 Å². The first-order chi connectivity index (χ1) is 13.6. The molecular formula is C23H25N5. The van der Waals surface area contributed by atoms with E-state index in [9.17, 15) is 5.26 Å². The number of hydrogen-bond acceptors (Lipinski definition) is 5. The second-order valence-corrected chi connectivity index (χ2v) is 7.53. The number of pyridine rings is 2. The van der Waals surface area contributed by atoms with Gasteiger partial charge in [0.05, 0.1) is 22.8 Å². The molecule has 0 saturated carbocycles. The van der Waals surface area contributed by atoms with E-state index in [4.69, 9.17) is 4.98 Å². The Labute approximate surface area is 166 Å². The number of anilines is 1. The third kappa shape index (κ3) is 3.32. The van der Waals surface area contributed by atoms with Crippen LogP contribution in [-0.4, -0.2) is 46.6 Å². The van der Waals surface area contributed by atoms with Crippen molar-refractivity contribution in [1.29, 1.82) is 5.26 Å². The molecule has 0 amide bonds. The maximum Gasteiger partial charge on any atom is 0.130 e. The van der Waals surface area contributed by atoms with Gasteiger partial charge in [0.2, 0.25) is 0 Å². The van der Waals surface area contributed by atoms with E-state index in [0.717, 1.165) is 47.6 Å². The van der Waals surface area contributed by atoms with Crippen molar-refractivity contribution >= 4 is 16.7 Å². The Hall–Kier alpha value is -2.97. The zero-order valence-corrected chi connectivity index (χ0v) is 16.6. The van der Waals surface area contributed by atoms with Gasteiger partial charge in [0, 0.05) is 42.3 Å². The van der Waals surface area contributed by atoms with Crippen LogP contribution in [0.5, 0.6) is 0 Å². The van der Waals surface area contributed by atoms with Crippen LogP contribution in [0.4, 0.5) is 5.82 Å². The fourth-order valence-corrected chi connectivity index (χ4v) is 4.34. The van der Waals surface area contributed by atoms with Crippen LogP contribution in [0.1, 0.15) is 26.3 Å². The summed E-state index contributed by atoms with van der Waals surface area (Å²) >= 11 is 0. The number of nitrogens with zero attached hydrogens (tertiary/aromatic N) is 5. The van der Waals surface area contributed by atoms with Gasteiger partial charge in [0.25, 0.3) is 0 Å². The zero-order chi connectivity index (χ0) is 19.7. The summed E-state index contributed by atoms with van der Waals surface area (Å²) in [5.41, 5.74) is 3.27. The maximum atomic E-state index is 9.29. The van der Waals surface area contributed by atoms with Gasteiger partial charge in [0.15, 0.2) is 0 Å². The summed E-state index contributed by atoms with van der Waals surface area (Å²) in [6.07, 6.45) is 1.80. The number of rotatable bonds is 3. The van der Waals surface area contributed by atoms with E-state index >= 15 is 0 Å². The molecule has 2 aromatic heterocycles. The molecule has 1 aliphatic rings. The lowest BCUT2D eigenvalue weighted by Crippen LogP contribution is -2.56. The minimum absolute atomic E-state index is 0.477. The van der Waals surface area contributed by atoms with Gasteiger partial charge in [-0.3, -0.25) is 9.88 Å². The lowest BCUT2D eigenvalue weighted by atomic mass is 10.0. The largest absolute Gasteiger partial charge is 0.353 e. The standard InChI is InChI=1S/C23H25N5/c1-4-28-16(2)14-27(15-17(28)3)21-12-20-9-6-10-25-22(20)23(26-21)19-8-5-7-18(11-19)13-24/h5-12,16-17H,4,14-15H2,1-3H3. The Bertz CT molecular complexity index is 1030. The Morgan fingerprint density at radius 1 is 1.11 bits per heavy atom. The molecule has 0 N–H and O–H groups in total. The van der Waals surface area contributed by atoms with Crippen LogP contribution in [0.3, 0.4) is 0 Å². The monoisotopic (exact) mass is 371 g/mol. The van der Waals surface area contributed by atoms with E-state index in [0.29, 0.717) is 17.6 Å². The van der Waals surface area contributed by atoms with Gasteiger partial charge in [-0.25, -0.2) is 4.98 Å². The van der Waals surface area contributed by atoms with Gasteiger partial charge < -0.3 is 4.90 Å². The van der Waals surface area contributed by atoms with Crippen LogP contribution >= 0.6 is 0 Å². The van der Waals surface area contributed by atoms with Gasteiger partial charge in [-0.05, 0) is 44.7 Å². The van der Waals surface area contributed by atoms with Crippen LogP contribution in [0.15, 0.2) is 48.7 Å². The summed E-state index contributed by atoms with van der Waals surface area (Å²) in [5.74, 6) is 0.979. The van der Waals surface area contributed by atoms with E-state index in [1.807, 2.05) is 30.3 Å². The second kappa shape index (κ2) is 7.57. The Balaban J connectivity index is 1.82. The minimum atomic E-state index is 0.477. The average molecular weight is 371 g/mol. The highest BCUT2D eigenvalue weighted by molar-refractivity contribution is 5.93. The maximum absolute atomic E-state index is 9.29. The summed E-state index contributed by atoms with van der Waals surface area (Å²) in [7, 11) is 0. The van der Waals surface area contributed by atoms with Crippen LogP contribution in [0.25, 0.3) is 22.2 Å². The van der Waals surface area contributed by atoms with E-state index in [-0.39, 0.29) is 0 Å². The summed E-state index contributed by atoms with van der Waals surface area (Å²) < 4.78 is 0. The SMILES string of the molecule is CCN1C(C)CN(c2cc3cccnc3c(-c3cccc(C#N)c3)n2)CC1C. The topological polar surface area (TPSA) is 56.0 Å². The molecule has 4 rings (SSSR count). The highest BCUT2D eigenvalue weighted by atomic mass is 15.3. The van der Waals surface area contributed by atoms with Crippen LogP contribution in [0, 0.1) is 11.3 Å². The van der Waals surface area contributed by atoms with Crippen molar-refractivity contribution in [2.45, 2.75) is 32.9 Å². The van der Waals surface area contributed by atoms with Crippen LogP contribution < -0.4 is 4.90 Å². The Morgan fingerprint density at radius 3 is 2.61 bits per heavy atom. The molecule has 5 nitrogen and oxygen atoms in total. The molecule has 0 radical (unpaired) electrons. The van der Waals surface area contributed by atoms with Crippen molar-refractivity contribution < 1.29 is 0 Å². The Morgan fingerprint density at radius 2 is 1.89 bits per heavy atom. The molecule has 2 atom stereocenters. The van der Waals surface area contributed by atoms with Crippen molar-refractivity contribution in [3.05, 3.63) is 54.2 Å². The average Bonchev–Trinajstić information content (AvgIpc) is 2.72. The first kappa shape index (κ1) is 18.4. The number of nitriles is 1. The molecule has 1 fully saturated rings. The van der Waals surface area contributed by atoms with Crippen LogP contribution in [-0.2, 0) is 0 Å². The molecule has 1 saturated heterocycles. The van der Waals surface area contributed by atoms with Gasteiger partial charge in [-0.1, -0.05) is 25.1 Å². The van der Waals surface area contributed by atoms with Gasteiger partial charge >= 0.3 is 0 Å². The number of piperazine rings is 1. The van der Waals surface area contributed by atoms with Gasteiger partial charge in [-0.2, -0.15) is 5.26 Å². The summed E-state index contributed by atoms with van der Waals surface area (Å²) in [4.78, 5) is 14.5. The number of fused-ring (bicyclic) bond motifs is 1. The molecule has 142 valence electrons. The highest BCUT2D eigenvalue weighted by Crippen LogP contribution is 2.31. The fourth-order valence-electron chi connectivity index (χ4n) is 4.34. The molecule has 0 spiro atoms. The summed E-state index contributed by atoms with van der Waals surface area (Å²) in [5, 5.41) is 10.4. The molecule has 3 aromatic rings. The zero-order valence-electron chi connectivity index (χ0n) is 16.6. The van der Waals surface area contributed by atoms with Crippen molar-refractivity contribution in [2.75, 3.05) is 24.5 Å². The van der Waals surface area contributed by atoms with Gasteiger partial charge in [0.1, 0.15) is 5.82 Å². The van der Waals surface area contributed by atoms with Crippen LogP contribution in [0.2, 0.25) is 0 Å². The first-order valence-corrected chi connectivity index (χ1v) is 9.87. The van der Waals surface area contributed by atoms with E-state index in [1.165, 1.54) is 0 Å². The molecule has 1 aromatic carbocycles. The number of likely N-dealkylation sites (N-methyl/N-ethyl adjacent to an activating group) is 1. The molecule has 2 unspecified atom stereocenters. The van der Waals surface area contributed by atoms with E-state index < -0.39 is 0 Å². The number of aromatic nitrogens is 2.